The van der Waals surface area contributed by atoms with E-state index in [-0.39, 0.29) is 36.8 Å². The van der Waals surface area contributed by atoms with Crippen molar-refractivity contribution in [3.05, 3.63) is 59.9 Å². The number of carbonyl (C=O) groups excluding carboxylic acids is 1. The van der Waals surface area contributed by atoms with Crippen molar-refractivity contribution >= 4 is 16.1 Å². The Balaban J connectivity index is 1.62. The van der Waals surface area contributed by atoms with Crippen molar-refractivity contribution < 1.29 is 37.0 Å². The molecule has 2 aromatic rings. The van der Waals surface area contributed by atoms with Crippen LogP contribution >= 0.6 is 0 Å². The maximum atomic E-state index is 12.9. The maximum Gasteiger partial charge on any atom is 0.432 e. The SMILES string of the molecule is O=C(NO)OC1(NS(=O)(=O)c2ccc(OCCc3ccc(F)cc3)cc2)CCOCC1. The maximum absolute atomic E-state index is 12.9. The average Bonchev–Trinajstić information content (AvgIpc) is 2.75. The third-order valence-corrected chi connectivity index (χ3v) is 6.24. The van der Waals surface area contributed by atoms with Gasteiger partial charge in [-0.3, -0.25) is 5.21 Å². The van der Waals surface area contributed by atoms with E-state index in [2.05, 4.69) is 4.72 Å². The monoisotopic (exact) mass is 454 g/mol. The van der Waals surface area contributed by atoms with Gasteiger partial charge < -0.3 is 14.2 Å². The van der Waals surface area contributed by atoms with Gasteiger partial charge in [-0.05, 0) is 42.0 Å². The van der Waals surface area contributed by atoms with E-state index >= 15 is 0 Å². The van der Waals surface area contributed by atoms with Crippen molar-refractivity contribution in [2.45, 2.75) is 29.9 Å². The van der Waals surface area contributed by atoms with E-state index in [1.54, 1.807) is 12.1 Å². The molecule has 0 aromatic heterocycles. The summed E-state index contributed by atoms with van der Waals surface area (Å²) in [5.41, 5.74) is 0.714. The molecule has 0 bridgehead atoms. The van der Waals surface area contributed by atoms with Gasteiger partial charge in [0.25, 0.3) is 0 Å². The van der Waals surface area contributed by atoms with Crippen LogP contribution in [0.25, 0.3) is 0 Å². The Kier molecular flexibility index (Phi) is 7.44. The number of rotatable bonds is 8. The smallest absolute Gasteiger partial charge is 0.432 e. The van der Waals surface area contributed by atoms with E-state index in [4.69, 9.17) is 19.4 Å². The number of carbonyl (C=O) groups is 1. The van der Waals surface area contributed by atoms with Crippen LogP contribution in [0.5, 0.6) is 5.75 Å². The first kappa shape index (κ1) is 22.9. The summed E-state index contributed by atoms with van der Waals surface area (Å²) in [6.07, 6.45) is -0.430. The summed E-state index contributed by atoms with van der Waals surface area (Å²) in [4.78, 5) is 11.4. The second-order valence-corrected chi connectivity index (χ2v) is 8.59. The number of nitrogens with one attached hydrogen (secondary N) is 2. The predicted octanol–water partition coefficient (Wildman–Crippen LogP) is 2.35. The molecule has 168 valence electrons. The van der Waals surface area contributed by atoms with Gasteiger partial charge in [0, 0.05) is 19.3 Å². The summed E-state index contributed by atoms with van der Waals surface area (Å²) >= 11 is 0. The highest BCUT2D eigenvalue weighted by Crippen LogP contribution is 2.26. The molecule has 0 unspecified atom stereocenters. The Hall–Kier alpha value is -2.73. The highest BCUT2D eigenvalue weighted by Gasteiger charge is 2.40. The van der Waals surface area contributed by atoms with E-state index in [0.29, 0.717) is 18.8 Å². The lowest BCUT2D eigenvalue weighted by Gasteiger charge is -2.36. The molecule has 11 heteroatoms. The van der Waals surface area contributed by atoms with Gasteiger partial charge in [-0.2, -0.15) is 4.72 Å². The second kappa shape index (κ2) is 10.1. The molecule has 1 aliphatic heterocycles. The lowest BCUT2D eigenvalue weighted by Crippen LogP contribution is -2.55. The molecule has 1 saturated heterocycles. The third kappa shape index (κ3) is 6.37. The number of ether oxygens (including phenoxy) is 3. The standard InChI is InChI=1S/C20H23FN2O7S/c21-16-3-1-15(2-4-16)9-12-29-17-5-7-18(8-6-17)31(26,27)23-20(30-19(24)22-25)10-13-28-14-11-20/h1-8,23,25H,9-14H2,(H,22,24). The summed E-state index contributed by atoms with van der Waals surface area (Å²) < 4.78 is 56.9. The highest BCUT2D eigenvalue weighted by atomic mass is 32.2. The van der Waals surface area contributed by atoms with Crippen LogP contribution in [0, 0.1) is 5.82 Å². The van der Waals surface area contributed by atoms with Gasteiger partial charge in [-0.25, -0.2) is 23.1 Å². The first-order chi connectivity index (χ1) is 14.8. The van der Waals surface area contributed by atoms with Crippen molar-refractivity contribution in [2.75, 3.05) is 19.8 Å². The molecule has 0 saturated carbocycles. The van der Waals surface area contributed by atoms with Crippen LogP contribution in [0.2, 0.25) is 0 Å². The van der Waals surface area contributed by atoms with Crippen LogP contribution in [-0.4, -0.2) is 45.3 Å². The largest absolute Gasteiger partial charge is 0.493 e. The molecule has 3 rings (SSSR count). The van der Waals surface area contributed by atoms with E-state index in [0.717, 1.165) is 5.56 Å². The number of halogens is 1. The molecule has 0 aliphatic carbocycles. The van der Waals surface area contributed by atoms with Gasteiger partial charge in [-0.1, -0.05) is 12.1 Å². The number of benzene rings is 2. The van der Waals surface area contributed by atoms with Crippen molar-refractivity contribution in [1.29, 1.82) is 0 Å². The fourth-order valence-corrected chi connectivity index (χ4v) is 4.43. The Morgan fingerprint density at radius 1 is 1.10 bits per heavy atom. The normalized spacial score (nSPS) is 15.8. The van der Waals surface area contributed by atoms with Gasteiger partial charge in [-0.15, -0.1) is 0 Å². The van der Waals surface area contributed by atoms with Crippen LogP contribution in [0.4, 0.5) is 9.18 Å². The van der Waals surface area contributed by atoms with Gasteiger partial charge >= 0.3 is 6.09 Å². The van der Waals surface area contributed by atoms with Crippen LogP contribution < -0.4 is 14.9 Å². The number of hydrogen-bond acceptors (Lipinski definition) is 7. The zero-order valence-corrected chi connectivity index (χ0v) is 17.4. The van der Waals surface area contributed by atoms with Crippen LogP contribution in [0.3, 0.4) is 0 Å². The van der Waals surface area contributed by atoms with Crippen molar-refractivity contribution in [3.63, 3.8) is 0 Å². The van der Waals surface area contributed by atoms with Gasteiger partial charge in [0.2, 0.25) is 10.0 Å². The van der Waals surface area contributed by atoms with E-state index in [9.17, 15) is 17.6 Å². The van der Waals surface area contributed by atoms with Crippen molar-refractivity contribution in [1.82, 2.24) is 10.2 Å². The molecule has 1 aliphatic rings. The first-order valence-corrected chi connectivity index (χ1v) is 11.0. The molecule has 0 radical (unpaired) electrons. The van der Waals surface area contributed by atoms with Crippen LogP contribution in [0.15, 0.2) is 53.4 Å². The molecule has 2 aromatic carbocycles. The van der Waals surface area contributed by atoms with Gasteiger partial charge in [0.15, 0.2) is 5.72 Å². The molecule has 1 heterocycles. The van der Waals surface area contributed by atoms with Gasteiger partial charge in [0.05, 0.1) is 24.7 Å². The lowest BCUT2D eigenvalue weighted by atomic mass is 10.1. The summed E-state index contributed by atoms with van der Waals surface area (Å²) in [7, 11) is -4.04. The van der Waals surface area contributed by atoms with E-state index < -0.39 is 21.8 Å². The fraction of sp³-hybridized carbons (Fsp3) is 0.350. The predicted molar refractivity (Wildman–Crippen MR) is 107 cm³/mol. The molecule has 1 amide bonds. The molecule has 9 nitrogen and oxygen atoms in total. The first-order valence-electron chi connectivity index (χ1n) is 9.54. The molecular formula is C20H23FN2O7S. The summed E-state index contributed by atoms with van der Waals surface area (Å²) in [6.45, 7) is 0.702. The number of amides is 1. The van der Waals surface area contributed by atoms with Crippen LogP contribution in [0.1, 0.15) is 18.4 Å². The minimum absolute atomic E-state index is 0.0442. The number of hydrogen-bond donors (Lipinski definition) is 3. The summed E-state index contributed by atoms with van der Waals surface area (Å²) in [6, 6.07) is 11.9. The molecule has 0 atom stereocenters. The minimum Gasteiger partial charge on any atom is -0.493 e. The topological polar surface area (TPSA) is 123 Å². The number of sulfonamides is 1. The zero-order chi connectivity index (χ0) is 22.3. The summed E-state index contributed by atoms with van der Waals surface area (Å²) in [5, 5.41) is 8.72. The molecule has 31 heavy (non-hydrogen) atoms. The van der Waals surface area contributed by atoms with Gasteiger partial charge in [0.1, 0.15) is 11.6 Å². The molecule has 3 N–H and O–H groups in total. The molecule has 1 fully saturated rings. The second-order valence-electron chi connectivity index (χ2n) is 6.91. The van der Waals surface area contributed by atoms with Crippen molar-refractivity contribution in [3.8, 4) is 5.75 Å². The quantitative estimate of drug-likeness (QED) is 0.318. The fourth-order valence-electron chi connectivity index (χ4n) is 3.08. The summed E-state index contributed by atoms with van der Waals surface area (Å²) in [5.74, 6) is 0.165. The number of hydroxylamine groups is 1. The molecule has 0 spiro atoms. The third-order valence-electron chi connectivity index (χ3n) is 4.71. The van der Waals surface area contributed by atoms with Crippen LogP contribution in [-0.2, 0) is 25.9 Å². The average molecular weight is 454 g/mol. The minimum atomic E-state index is -4.04. The van der Waals surface area contributed by atoms with Crippen molar-refractivity contribution in [2.24, 2.45) is 0 Å². The Morgan fingerprint density at radius 3 is 2.35 bits per heavy atom. The zero-order valence-electron chi connectivity index (χ0n) is 16.5. The Morgan fingerprint density at radius 2 is 1.74 bits per heavy atom. The Labute approximate surface area is 179 Å². The highest BCUT2D eigenvalue weighted by molar-refractivity contribution is 7.89. The van der Waals surface area contributed by atoms with E-state index in [1.165, 1.54) is 41.9 Å². The lowest BCUT2D eigenvalue weighted by molar-refractivity contribution is -0.0848. The Bertz CT molecular complexity index is 976. The molecular weight excluding hydrogens is 431 g/mol. The van der Waals surface area contributed by atoms with E-state index in [1.807, 2.05) is 0 Å².